The minimum absolute atomic E-state index is 0.0516. The zero-order valence-electron chi connectivity index (χ0n) is 13.6. The second-order valence-corrected chi connectivity index (χ2v) is 8.41. The topological polar surface area (TPSA) is 84.0 Å². The summed E-state index contributed by atoms with van der Waals surface area (Å²) >= 11 is 0. The van der Waals surface area contributed by atoms with Gasteiger partial charge in [-0.25, -0.2) is 18.1 Å². The van der Waals surface area contributed by atoms with Gasteiger partial charge in [-0.1, -0.05) is 26.0 Å². The molecule has 0 radical (unpaired) electrons. The highest BCUT2D eigenvalue weighted by molar-refractivity contribution is 7.89. The van der Waals surface area contributed by atoms with E-state index < -0.39 is 16.1 Å². The van der Waals surface area contributed by atoms with Crippen molar-refractivity contribution in [2.24, 2.45) is 5.92 Å². The number of hydrogen-bond donors (Lipinski definition) is 0. The molecule has 2 saturated heterocycles. The summed E-state index contributed by atoms with van der Waals surface area (Å²) in [6.45, 7) is 4.67. The summed E-state index contributed by atoms with van der Waals surface area (Å²) in [5, 5.41) is 0. The molecule has 0 spiro atoms. The van der Waals surface area contributed by atoms with E-state index in [1.807, 2.05) is 26.0 Å². The van der Waals surface area contributed by atoms with Gasteiger partial charge in [0.25, 0.3) is 5.91 Å². The number of amides is 2. The zero-order chi connectivity index (χ0) is 17.5. The van der Waals surface area contributed by atoms with Gasteiger partial charge < -0.3 is 4.74 Å². The van der Waals surface area contributed by atoms with Crippen LogP contribution in [-0.2, 0) is 19.6 Å². The number of rotatable bonds is 5. The Bertz CT molecular complexity index is 735. The zero-order valence-corrected chi connectivity index (χ0v) is 14.5. The lowest BCUT2D eigenvalue weighted by Crippen LogP contribution is -2.54. The summed E-state index contributed by atoms with van der Waals surface area (Å²) in [5.74, 6) is -0.0807. The molecule has 0 aliphatic carbocycles. The van der Waals surface area contributed by atoms with Crippen molar-refractivity contribution in [1.82, 2.24) is 9.21 Å². The van der Waals surface area contributed by atoms with Crippen molar-refractivity contribution in [3.05, 3.63) is 29.8 Å². The van der Waals surface area contributed by atoms with E-state index in [2.05, 4.69) is 4.74 Å². The number of carbonyl (C=O) groups excluding carboxylic acids is 2. The maximum atomic E-state index is 12.6. The average Bonchev–Trinajstić information content (AvgIpc) is 2.81. The van der Waals surface area contributed by atoms with E-state index in [9.17, 15) is 18.0 Å². The van der Waals surface area contributed by atoms with Crippen LogP contribution in [-0.4, -0.2) is 55.9 Å². The molecule has 7 nitrogen and oxygen atoms in total. The third-order valence-electron chi connectivity index (χ3n) is 4.39. The molecule has 2 fully saturated rings. The molecular formula is C16H20N2O5S. The maximum absolute atomic E-state index is 12.6. The number of hydrogen-bond acceptors (Lipinski definition) is 5. The van der Waals surface area contributed by atoms with Crippen LogP contribution in [0.3, 0.4) is 0 Å². The lowest BCUT2D eigenvalue weighted by Gasteiger charge is -2.39. The van der Waals surface area contributed by atoms with Crippen molar-refractivity contribution in [2.45, 2.75) is 24.7 Å². The van der Waals surface area contributed by atoms with Crippen molar-refractivity contribution >= 4 is 22.0 Å². The first-order valence-corrected chi connectivity index (χ1v) is 9.30. The molecule has 2 aliphatic heterocycles. The molecule has 2 aliphatic rings. The van der Waals surface area contributed by atoms with Crippen LogP contribution in [0.2, 0.25) is 0 Å². The molecule has 0 atom stereocenters. The Balaban J connectivity index is 1.62. The van der Waals surface area contributed by atoms with Crippen LogP contribution in [0.15, 0.2) is 29.2 Å². The number of nitrogens with zero attached hydrogens (tertiary/aromatic N) is 2. The van der Waals surface area contributed by atoms with Crippen LogP contribution in [0.25, 0.3) is 0 Å². The van der Waals surface area contributed by atoms with Crippen molar-refractivity contribution in [3.8, 4) is 0 Å². The van der Waals surface area contributed by atoms with E-state index >= 15 is 0 Å². The van der Waals surface area contributed by atoms with Gasteiger partial charge >= 0.3 is 6.09 Å². The number of carbonyl (C=O) groups is 2. The first-order chi connectivity index (χ1) is 11.3. The van der Waals surface area contributed by atoms with Gasteiger partial charge in [0, 0.05) is 25.6 Å². The molecule has 8 heteroatoms. The molecule has 1 aromatic carbocycles. The van der Waals surface area contributed by atoms with Gasteiger partial charge in [0.2, 0.25) is 10.0 Å². The molecule has 0 bridgehead atoms. The minimum atomic E-state index is -3.52. The van der Waals surface area contributed by atoms with Crippen LogP contribution in [0.5, 0.6) is 0 Å². The Kier molecular flexibility index (Phi) is 4.35. The van der Waals surface area contributed by atoms with Crippen molar-refractivity contribution in [2.75, 3.05) is 26.2 Å². The molecule has 24 heavy (non-hydrogen) atoms. The Morgan fingerprint density at radius 2 is 1.79 bits per heavy atom. The fourth-order valence-corrected chi connectivity index (χ4v) is 4.42. The minimum Gasteiger partial charge on any atom is -0.439 e. The molecule has 3 rings (SSSR count). The smallest absolute Gasteiger partial charge is 0.417 e. The molecule has 2 heterocycles. The van der Waals surface area contributed by atoms with Gasteiger partial charge in [-0.3, -0.25) is 4.79 Å². The summed E-state index contributed by atoms with van der Waals surface area (Å²) in [7, 11) is -3.52. The first kappa shape index (κ1) is 16.9. The van der Waals surface area contributed by atoms with Gasteiger partial charge in [0.05, 0.1) is 4.90 Å². The van der Waals surface area contributed by atoms with E-state index in [4.69, 9.17) is 0 Å². The Hall–Kier alpha value is -1.93. The maximum Gasteiger partial charge on any atom is 0.417 e. The van der Waals surface area contributed by atoms with Crippen LogP contribution in [0, 0.1) is 5.92 Å². The number of imide groups is 1. The monoisotopic (exact) mass is 352 g/mol. The largest absolute Gasteiger partial charge is 0.439 e. The summed E-state index contributed by atoms with van der Waals surface area (Å²) in [6, 6.07) is 6.90. The highest BCUT2D eigenvalue weighted by Crippen LogP contribution is 2.27. The third kappa shape index (κ3) is 3.03. The summed E-state index contributed by atoms with van der Waals surface area (Å²) < 4.78 is 31.1. The van der Waals surface area contributed by atoms with E-state index in [1.54, 1.807) is 12.1 Å². The predicted octanol–water partition coefficient (Wildman–Crippen LogP) is 1.41. The van der Waals surface area contributed by atoms with Crippen LogP contribution in [0.4, 0.5) is 4.79 Å². The lowest BCUT2D eigenvalue weighted by molar-refractivity contribution is -0.126. The van der Waals surface area contributed by atoms with Crippen molar-refractivity contribution < 1.29 is 22.7 Å². The molecule has 0 unspecified atom stereocenters. The summed E-state index contributed by atoms with van der Waals surface area (Å²) in [4.78, 5) is 24.2. The van der Waals surface area contributed by atoms with Crippen LogP contribution >= 0.6 is 0 Å². The third-order valence-corrected chi connectivity index (χ3v) is 6.24. The highest BCUT2D eigenvalue weighted by Gasteiger charge is 2.41. The number of benzene rings is 1. The SMILES string of the molecule is CC(C)c1ccc(S(=O)(=O)N2CC(CN3C(=O)COC3=O)C2)cc1. The van der Waals surface area contributed by atoms with Crippen LogP contribution < -0.4 is 0 Å². The molecule has 0 N–H and O–H groups in total. The van der Waals surface area contributed by atoms with Crippen molar-refractivity contribution in [3.63, 3.8) is 0 Å². The number of cyclic esters (lactones) is 1. The predicted molar refractivity (Wildman–Crippen MR) is 85.8 cm³/mol. The molecule has 0 aromatic heterocycles. The van der Waals surface area contributed by atoms with E-state index in [1.165, 1.54) is 4.31 Å². The van der Waals surface area contributed by atoms with Gasteiger partial charge in [-0.2, -0.15) is 4.31 Å². The Morgan fingerprint density at radius 1 is 1.17 bits per heavy atom. The normalized spacial score (nSPS) is 19.7. The second kappa shape index (κ2) is 6.18. The first-order valence-electron chi connectivity index (χ1n) is 7.86. The number of ether oxygens (including phenoxy) is 1. The summed E-state index contributed by atoms with van der Waals surface area (Å²) in [5.41, 5.74) is 1.08. The Morgan fingerprint density at radius 3 is 2.29 bits per heavy atom. The van der Waals surface area contributed by atoms with E-state index in [-0.39, 0.29) is 29.9 Å². The van der Waals surface area contributed by atoms with Crippen molar-refractivity contribution in [1.29, 1.82) is 0 Å². The van der Waals surface area contributed by atoms with Gasteiger partial charge in [0.1, 0.15) is 0 Å². The Labute approximate surface area is 141 Å². The highest BCUT2D eigenvalue weighted by atomic mass is 32.2. The molecular weight excluding hydrogens is 332 g/mol. The lowest BCUT2D eigenvalue weighted by atomic mass is 10.0. The molecule has 2 amide bonds. The fraction of sp³-hybridized carbons (Fsp3) is 0.500. The average molecular weight is 352 g/mol. The van der Waals surface area contributed by atoms with Gasteiger partial charge in [-0.05, 0) is 23.6 Å². The van der Waals surface area contributed by atoms with E-state index in [0.29, 0.717) is 19.0 Å². The standard InChI is InChI=1S/C16H20N2O5S/c1-11(2)13-3-5-14(6-4-13)24(21,22)17-7-12(8-17)9-18-15(19)10-23-16(18)20/h3-6,11-12H,7-10H2,1-2H3. The van der Waals surface area contributed by atoms with Gasteiger partial charge in [0.15, 0.2) is 6.61 Å². The molecule has 1 aromatic rings. The second-order valence-electron chi connectivity index (χ2n) is 6.47. The van der Waals surface area contributed by atoms with E-state index in [0.717, 1.165) is 10.5 Å². The summed E-state index contributed by atoms with van der Waals surface area (Å²) in [6.07, 6.45) is -0.648. The van der Waals surface area contributed by atoms with Gasteiger partial charge in [-0.15, -0.1) is 0 Å². The number of sulfonamides is 1. The fourth-order valence-electron chi connectivity index (χ4n) is 2.82. The molecule has 130 valence electrons. The molecule has 0 saturated carbocycles. The quantitative estimate of drug-likeness (QED) is 0.800. The van der Waals surface area contributed by atoms with Crippen LogP contribution in [0.1, 0.15) is 25.3 Å².